The quantitative estimate of drug-likeness (QED) is 0.685. The van der Waals surface area contributed by atoms with Crippen LogP contribution in [0.15, 0.2) is 6.07 Å². The van der Waals surface area contributed by atoms with Gasteiger partial charge in [-0.15, -0.1) is 11.3 Å². The van der Waals surface area contributed by atoms with E-state index in [2.05, 4.69) is 10.6 Å². The maximum absolute atomic E-state index is 10.3. The van der Waals surface area contributed by atoms with Crippen molar-refractivity contribution in [2.75, 3.05) is 6.54 Å². The van der Waals surface area contributed by atoms with Crippen LogP contribution in [0.25, 0.3) is 0 Å². The zero-order valence-corrected chi connectivity index (χ0v) is 9.50. The molecule has 0 unspecified atom stereocenters. The standard InChI is InChI=1S/C9H10N2O2S2/c12-9(13)11-4-6-3-5-1-2-10-8(14)7(5)15-6/h3,11H,1-2,4H2,(H,10,14)(H,12,13). The first-order chi connectivity index (χ1) is 7.16. The van der Waals surface area contributed by atoms with Gasteiger partial charge in [-0.2, -0.15) is 0 Å². The van der Waals surface area contributed by atoms with E-state index < -0.39 is 6.09 Å². The van der Waals surface area contributed by atoms with Crippen molar-refractivity contribution in [2.24, 2.45) is 0 Å². The first kappa shape index (κ1) is 10.4. The average Bonchev–Trinajstić information content (AvgIpc) is 2.59. The van der Waals surface area contributed by atoms with Gasteiger partial charge in [0.25, 0.3) is 0 Å². The van der Waals surface area contributed by atoms with Gasteiger partial charge in [-0.3, -0.25) is 0 Å². The van der Waals surface area contributed by atoms with Crippen LogP contribution < -0.4 is 10.6 Å². The van der Waals surface area contributed by atoms with E-state index in [4.69, 9.17) is 17.3 Å². The predicted octanol–water partition coefficient (Wildman–Crippen LogP) is 1.34. The molecular formula is C9H10N2O2S2. The Morgan fingerprint density at radius 2 is 2.53 bits per heavy atom. The highest BCUT2D eigenvalue weighted by atomic mass is 32.1. The van der Waals surface area contributed by atoms with Gasteiger partial charge in [-0.1, -0.05) is 12.2 Å². The molecule has 1 amide bonds. The molecule has 6 heteroatoms. The highest BCUT2D eigenvalue weighted by Crippen LogP contribution is 2.25. The normalized spacial score (nSPS) is 14.3. The molecule has 0 bridgehead atoms. The third-order valence-corrected chi connectivity index (χ3v) is 3.83. The molecule has 2 rings (SSSR count). The van der Waals surface area contributed by atoms with Crippen molar-refractivity contribution in [3.63, 3.8) is 0 Å². The van der Waals surface area contributed by atoms with E-state index in [9.17, 15) is 4.79 Å². The van der Waals surface area contributed by atoms with Gasteiger partial charge in [0.05, 0.1) is 11.4 Å². The van der Waals surface area contributed by atoms with Crippen molar-refractivity contribution in [1.29, 1.82) is 0 Å². The Balaban J connectivity index is 2.14. The first-order valence-corrected chi connectivity index (χ1v) is 5.76. The lowest BCUT2D eigenvalue weighted by molar-refractivity contribution is 0.194. The van der Waals surface area contributed by atoms with Crippen molar-refractivity contribution in [3.05, 3.63) is 21.4 Å². The van der Waals surface area contributed by atoms with Gasteiger partial charge in [0, 0.05) is 11.4 Å². The Morgan fingerprint density at radius 1 is 1.73 bits per heavy atom. The molecule has 0 aliphatic carbocycles. The summed E-state index contributed by atoms with van der Waals surface area (Å²) in [6.07, 6.45) is -0.0407. The van der Waals surface area contributed by atoms with E-state index in [-0.39, 0.29) is 0 Å². The largest absolute Gasteiger partial charge is 0.465 e. The topological polar surface area (TPSA) is 61.4 Å². The van der Waals surface area contributed by atoms with E-state index in [0.29, 0.717) is 6.54 Å². The van der Waals surface area contributed by atoms with Crippen LogP contribution in [-0.2, 0) is 13.0 Å². The number of fused-ring (bicyclic) bond motifs is 1. The smallest absolute Gasteiger partial charge is 0.404 e. The molecule has 0 spiro atoms. The predicted molar refractivity (Wildman–Crippen MR) is 62.6 cm³/mol. The molecule has 3 N–H and O–H groups in total. The van der Waals surface area contributed by atoms with Crippen LogP contribution in [-0.4, -0.2) is 22.7 Å². The second-order valence-corrected chi connectivity index (χ2v) is 4.78. The number of amides is 1. The minimum absolute atomic E-state index is 0.357. The van der Waals surface area contributed by atoms with Crippen molar-refractivity contribution in [3.8, 4) is 0 Å². The number of thiophene rings is 1. The summed E-state index contributed by atoms with van der Waals surface area (Å²) in [6.45, 7) is 1.23. The molecule has 2 heterocycles. The van der Waals surface area contributed by atoms with E-state index in [1.807, 2.05) is 6.07 Å². The van der Waals surface area contributed by atoms with Crippen LogP contribution in [0.2, 0.25) is 0 Å². The number of carboxylic acid groups (broad SMARTS) is 1. The number of hydrogen-bond donors (Lipinski definition) is 3. The minimum Gasteiger partial charge on any atom is -0.465 e. The zero-order valence-electron chi connectivity index (χ0n) is 7.87. The zero-order chi connectivity index (χ0) is 10.8. The Labute approximate surface area is 96.3 Å². The molecular weight excluding hydrogens is 232 g/mol. The number of thiocarbonyl (C=S) groups is 1. The van der Waals surface area contributed by atoms with Crippen molar-refractivity contribution >= 4 is 34.6 Å². The molecule has 0 aromatic carbocycles. The van der Waals surface area contributed by atoms with Crippen LogP contribution in [0.1, 0.15) is 15.3 Å². The van der Waals surface area contributed by atoms with Gasteiger partial charge in [-0.25, -0.2) is 4.79 Å². The average molecular weight is 242 g/mol. The Morgan fingerprint density at radius 3 is 3.20 bits per heavy atom. The van der Waals surface area contributed by atoms with Gasteiger partial charge in [0.2, 0.25) is 0 Å². The summed E-state index contributed by atoms with van der Waals surface area (Å²) in [6, 6.07) is 2.03. The summed E-state index contributed by atoms with van der Waals surface area (Å²) in [7, 11) is 0. The lowest BCUT2D eigenvalue weighted by atomic mass is 10.1. The highest BCUT2D eigenvalue weighted by molar-refractivity contribution is 7.81. The fourth-order valence-corrected chi connectivity index (χ4v) is 2.93. The van der Waals surface area contributed by atoms with Crippen molar-refractivity contribution < 1.29 is 9.90 Å². The fraction of sp³-hybridized carbons (Fsp3) is 0.333. The highest BCUT2D eigenvalue weighted by Gasteiger charge is 2.17. The van der Waals surface area contributed by atoms with E-state index in [1.54, 1.807) is 11.3 Å². The van der Waals surface area contributed by atoms with Crippen molar-refractivity contribution in [1.82, 2.24) is 10.6 Å². The molecule has 0 radical (unpaired) electrons. The summed E-state index contributed by atoms with van der Waals surface area (Å²) in [4.78, 5) is 13.2. The number of carbonyl (C=O) groups is 1. The molecule has 1 aromatic heterocycles. The summed E-state index contributed by atoms with van der Waals surface area (Å²) >= 11 is 6.73. The molecule has 15 heavy (non-hydrogen) atoms. The Kier molecular flexibility index (Phi) is 2.88. The lowest BCUT2D eigenvalue weighted by Crippen LogP contribution is -2.29. The Bertz CT molecular complexity index is 414. The third kappa shape index (κ3) is 2.27. The number of hydrogen-bond acceptors (Lipinski definition) is 3. The van der Waals surface area contributed by atoms with Gasteiger partial charge < -0.3 is 15.7 Å². The van der Waals surface area contributed by atoms with E-state index >= 15 is 0 Å². The van der Waals surface area contributed by atoms with E-state index in [0.717, 1.165) is 27.7 Å². The summed E-state index contributed by atoms with van der Waals surface area (Å²) in [5.74, 6) is 0. The summed E-state index contributed by atoms with van der Waals surface area (Å²) < 4.78 is 0. The molecule has 0 saturated heterocycles. The molecule has 1 aliphatic rings. The maximum Gasteiger partial charge on any atom is 0.404 e. The van der Waals surface area contributed by atoms with Crippen LogP contribution in [0, 0.1) is 0 Å². The Hall–Kier alpha value is -1.14. The molecule has 1 aromatic rings. The van der Waals surface area contributed by atoms with Gasteiger partial charge in [-0.05, 0) is 18.1 Å². The molecule has 4 nitrogen and oxygen atoms in total. The summed E-state index contributed by atoms with van der Waals surface area (Å²) in [5, 5.41) is 14.0. The summed E-state index contributed by atoms with van der Waals surface area (Å²) in [5.41, 5.74) is 1.23. The molecule has 0 atom stereocenters. The number of nitrogens with one attached hydrogen (secondary N) is 2. The third-order valence-electron chi connectivity index (χ3n) is 2.16. The SMILES string of the molecule is O=C(O)NCc1cc2c(s1)C(=S)NCC2. The second-order valence-electron chi connectivity index (χ2n) is 3.23. The molecule has 80 valence electrons. The first-order valence-electron chi connectivity index (χ1n) is 4.53. The molecule has 1 aliphatic heterocycles. The van der Waals surface area contributed by atoms with Crippen LogP contribution in [0.3, 0.4) is 0 Å². The second kappa shape index (κ2) is 4.16. The van der Waals surface area contributed by atoms with Gasteiger partial charge in [0.1, 0.15) is 4.99 Å². The van der Waals surface area contributed by atoms with Crippen LogP contribution in [0.4, 0.5) is 4.79 Å². The van der Waals surface area contributed by atoms with E-state index in [1.165, 1.54) is 5.56 Å². The van der Waals surface area contributed by atoms with Crippen LogP contribution in [0.5, 0.6) is 0 Å². The fourth-order valence-electron chi connectivity index (χ4n) is 1.50. The van der Waals surface area contributed by atoms with Crippen LogP contribution >= 0.6 is 23.6 Å². The van der Waals surface area contributed by atoms with Gasteiger partial charge >= 0.3 is 6.09 Å². The number of rotatable bonds is 2. The minimum atomic E-state index is -0.998. The maximum atomic E-state index is 10.3. The molecule has 0 fully saturated rings. The lowest BCUT2D eigenvalue weighted by Gasteiger charge is -2.13. The monoisotopic (exact) mass is 242 g/mol. The van der Waals surface area contributed by atoms with Gasteiger partial charge in [0.15, 0.2) is 0 Å². The van der Waals surface area contributed by atoms with Crippen molar-refractivity contribution in [2.45, 2.75) is 13.0 Å². The molecule has 0 saturated carbocycles.